The molecule has 6 rings (SSSR count). The van der Waals surface area contributed by atoms with E-state index in [1.807, 2.05) is 25.3 Å². The van der Waals surface area contributed by atoms with Crippen molar-refractivity contribution in [2.75, 3.05) is 25.0 Å². The molecule has 194 valence electrons. The van der Waals surface area contributed by atoms with Gasteiger partial charge in [-0.3, -0.25) is 0 Å². The first-order chi connectivity index (χ1) is 17.4. The number of benzene rings is 1. The second-order valence-corrected chi connectivity index (χ2v) is 10.6. The number of nitrogens with zero attached hydrogens (tertiary/aromatic N) is 1. The minimum absolute atomic E-state index is 0. The summed E-state index contributed by atoms with van der Waals surface area (Å²) >= 11 is 6.17. The van der Waals surface area contributed by atoms with Gasteiger partial charge in [-0.05, 0) is 62.2 Å². The number of hydrogen-bond donors (Lipinski definition) is 4. The largest absolute Gasteiger partial charge is 0.461 e. The van der Waals surface area contributed by atoms with Gasteiger partial charge in [0.05, 0.1) is 29.2 Å². The number of nitrogens with one attached hydrogen (secondary N) is 4. The Morgan fingerprint density at radius 2 is 2.16 bits per heavy atom. The fourth-order valence-corrected chi connectivity index (χ4v) is 6.17. The van der Waals surface area contributed by atoms with Crippen molar-refractivity contribution in [1.29, 1.82) is 0 Å². The summed E-state index contributed by atoms with van der Waals surface area (Å²) in [5.74, 6) is 0.0137. The lowest BCUT2D eigenvalue weighted by Gasteiger charge is -2.32. The molecule has 0 fully saturated rings. The molecule has 0 saturated carbocycles. The summed E-state index contributed by atoms with van der Waals surface area (Å²) in [4.78, 5) is 23.3. The molecular weight excluding hydrogens is 537 g/mol. The van der Waals surface area contributed by atoms with E-state index in [0.29, 0.717) is 39.0 Å². The Morgan fingerprint density at radius 3 is 2.97 bits per heavy atom. The van der Waals surface area contributed by atoms with Crippen LogP contribution in [-0.2, 0) is 15.5 Å². The van der Waals surface area contributed by atoms with E-state index >= 15 is 0 Å². The number of aryl methyl sites for hydroxylation is 1. The second kappa shape index (κ2) is 10.0. The molecule has 0 radical (unpaired) electrons. The maximum atomic E-state index is 13.4. The predicted molar refractivity (Wildman–Crippen MR) is 143 cm³/mol. The lowest BCUT2D eigenvalue weighted by molar-refractivity contribution is 0.0521. The van der Waals surface area contributed by atoms with Crippen LogP contribution in [0.1, 0.15) is 46.6 Å². The Kier molecular flexibility index (Phi) is 6.93. The van der Waals surface area contributed by atoms with Gasteiger partial charge in [0.1, 0.15) is 11.5 Å². The predicted octanol–water partition coefficient (Wildman–Crippen LogP) is 5.02. The van der Waals surface area contributed by atoms with Crippen LogP contribution in [0.25, 0.3) is 11.0 Å². The number of furan rings is 1. The number of rotatable bonds is 5. The maximum absolute atomic E-state index is 13.4. The van der Waals surface area contributed by atoms with Crippen LogP contribution in [0, 0.1) is 6.92 Å². The molecule has 0 amide bonds. The summed E-state index contributed by atoms with van der Waals surface area (Å²) < 4.78 is 24.8. The summed E-state index contributed by atoms with van der Waals surface area (Å²) in [6, 6.07) is 7.16. The summed E-state index contributed by atoms with van der Waals surface area (Å²) in [5, 5.41) is 7.98. The fraction of sp³-hybridized carbons (Fsp3) is 0.280. The molecule has 1 aromatic carbocycles. The Bertz CT molecular complexity index is 1570. The Hall–Kier alpha value is -3.05. The fourth-order valence-electron chi connectivity index (χ4n) is 4.97. The summed E-state index contributed by atoms with van der Waals surface area (Å²) in [5.41, 5.74) is 6.48. The van der Waals surface area contributed by atoms with Crippen molar-refractivity contribution in [2.24, 2.45) is 0 Å². The van der Waals surface area contributed by atoms with E-state index in [2.05, 4.69) is 25.6 Å². The van der Waals surface area contributed by atoms with Crippen LogP contribution >= 0.6 is 24.0 Å². The number of hydrogen-bond acceptors (Lipinski definition) is 7. The van der Waals surface area contributed by atoms with Gasteiger partial charge in [0.15, 0.2) is 15.9 Å². The molecule has 3 aromatic heterocycles. The molecule has 5 heterocycles. The van der Waals surface area contributed by atoms with Gasteiger partial charge < -0.3 is 29.8 Å². The van der Waals surface area contributed by atoms with Crippen LogP contribution < -0.4 is 10.6 Å². The van der Waals surface area contributed by atoms with E-state index in [4.69, 9.17) is 20.8 Å². The third kappa shape index (κ3) is 4.37. The van der Waals surface area contributed by atoms with E-state index in [9.17, 15) is 9.00 Å². The average molecular weight is 562 g/mol. The second-order valence-electron chi connectivity index (χ2n) is 8.79. The zero-order chi connectivity index (χ0) is 25.0. The molecule has 0 spiro atoms. The van der Waals surface area contributed by atoms with Crippen molar-refractivity contribution in [2.45, 2.75) is 36.4 Å². The van der Waals surface area contributed by atoms with Crippen LogP contribution in [-0.4, -0.2) is 44.8 Å². The molecule has 2 aliphatic heterocycles. The lowest BCUT2D eigenvalue weighted by atomic mass is 9.82. The molecule has 0 bridgehead atoms. The summed E-state index contributed by atoms with van der Waals surface area (Å²) in [6.45, 7) is 5.46. The van der Waals surface area contributed by atoms with Gasteiger partial charge in [0.25, 0.3) is 0 Å². The number of anilines is 1. The highest BCUT2D eigenvalue weighted by molar-refractivity contribution is 7.84. The van der Waals surface area contributed by atoms with Gasteiger partial charge in [-0.1, -0.05) is 11.6 Å². The van der Waals surface area contributed by atoms with Crippen LogP contribution in [0.2, 0.25) is 5.02 Å². The van der Waals surface area contributed by atoms with E-state index in [0.717, 1.165) is 40.8 Å². The van der Waals surface area contributed by atoms with Gasteiger partial charge in [0, 0.05) is 29.0 Å². The van der Waals surface area contributed by atoms with Gasteiger partial charge in [-0.25, -0.2) is 14.0 Å². The van der Waals surface area contributed by atoms with Crippen molar-refractivity contribution in [3.05, 3.63) is 69.3 Å². The van der Waals surface area contributed by atoms with E-state index in [-0.39, 0.29) is 24.9 Å². The Labute approximate surface area is 226 Å². The first kappa shape index (κ1) is 25.6. The number of carbonyl (C=O) groups excluding carboxylic acids is 1. The number of ether oxygens (including phenoxy) is 1. The number of imidazole rings is 1. The monoisotopic (exact) mass is 561 g/mol. The van der Waals surface area contributed by atoms with Gasteiger partial charge in [-0.2, -0.15) is 0 Å². The average Bonchev–Trinajstić information content (AvgIpc) is 3.60. The first-order valence-electron chi connectivity index (χ1n) is 11.7. The minimum Gasteiger partial charge on any atom is -0.461 e. The molecule has 4 N–H and O–H groups in total. The van der Waals surface area contributed by atoms with Crippen LogP contribution in [0.3, 0.4) is 0 Å². The smallest absolute Gasteiger partial charge is 0.356 e. The minimum atomic E-state index is -1.65. The Morgan fingerprint density at radius 1 is 1.32 bits per heavy atom. The summed E-state index contributed by atoms with van der Waals surface area (Å²) in [6.07, 6.45) is 2.63. The zero-order valence-electron chi connectivity index (χ0n) is 20.1. The number of fused-ring (bicyclic) bond motifs is 2. The number of carbonyl (C=O) groups is 1. The molecule has 2 unspecified atom stereocenters. The normalized spacial score (nSPS) is 17.5. The number of esters is 1. The van der Waals surface area contributed by atoms with Crippen molar-refractivity contribution in [1.82, 2.24) is 20.3 Å². The van der Waals surface area contributed by atoms with Crippen LogP contribution in [0.5, 0.6) is 0 Å². The lowest BCUT2D eigenvalue weighted by Crippen LogP contribution is -2.33. The molecule has 2 aliphatic rings. The molecule has 0 aliphatic carbocycles. The molecule has 2 atom stereocenters. The van der Waals surface area contributed by atoms with E-state index in [1.165, 1.54) is 5.57 Å². The SMILES string of the molecule is CCOC(=O)c1[nH]cc2c1NC1=C(CCNC1)C2c1ccc(S(=O)c2nc3c(C)cc(Cl)cc3[nH]2)o1.Cl. The number of aromatic nitrogens is 3. The topological polar surface area (TPSA) is 125 Å². The van der Waals surface area contributed by atoms with Gasteiger partial charge in [0.2, 0.25) is 5.16 Å². The highest BCUT2D eigenvalue weighted by Gasteiger charge is 2.36. The van der Waals surface area contributed by atoms with Gasteiger partial charge in [-0.15, -0.1) is 12.4 Å². The quantitative estimate of drug-likeness (QED) is 0.252. The van der Waals surface area contributed by atoms with Gasteiger partial charge >= 0.3 is 5.97 Å². The third-order valence-corrected chi connectivity index (χ3v) is 7.90. The molecule has 4 aromatic rings. The van der Waals surface area contributed by atoms with Crippen molar-refractivity contribution in [3.8, 4) is 0 Å². The molecule has 37 heavy (non-hydrogen) atoms. The van der Waals surface area contributed by atoms with Crippen molar-refractivity contribution in [3.63, 3.8) is 0 Å². The van der Waals surface area contributed by atoms with Crippen LogP contribution in [0.15, 0.2) is 56.4 Å². The maximum Gasteiger partial charge on any atom is 0.356 e. The van der Waals surface area contributed by atoms with Crippen LogP contribution in [0.4, 0.5) is 5.69 Å². The molecule has 0 saturated heterocycles. The number of halogens is 2. The standard InChI is InChI=1S/C25H24ClN5O4S.ClH/c1-3-34-24(32)23-22-15(10-28-23)20(14-6-7-27-11-17(14)29-22)18-4-5-19(35-18)36(33)25-30-16-9-13(26)8-12(2)21(16)31-25;/h4-5,8-10,20,27-29H,3,6-7,11H2,1-2H3,(H,30,31);1H. The summed E-state index contributed by atoms with van der Waals surface area (Å²) in [7, 11) is -1.65. The van der Waals surface area contributed by atoms with E-state index in [1.54, 1.807) is 19.1 Å². The molecule has 9 nitrogen and oxygen atoms in total. The third-order valence-electron chi connectivity index (χ3n) is 6.55. The number of H-pyrrole nitrogens is 2. The Balaban J connectivity index is 0.00000280. The van der Waals surface area contributed by atoms with E-state index < -0.39 is 16.8 Å². The number of aromatic amines is 2. The molecular formula is C25H25Cl2N5O4S. The highest BCUT2D eigenvalue weighted by Crippen LogP contribution is 2.46. The highest BCUT2D eigenvalue weighted by atomic mass is 35.5. The zero-order valence-corrected chi connectivity index (χ0v) is 22.5. The van der Waals surface area contributed by atoms with Crippen molar-refractivity contribution >= 4 is 57.5 Å². The molecule has 12 heteroatoms. The first-order valence-corrected chi connectivity index (χ1v) is 13.2. The van der Waals surface area contributed by atoms with Crippen molar-refractivity contribution < 1.29 is 18.2 Å².